The first kappa shape index (κ1) is 10.9. The molecule has 1 saturated heterocycles. The van der Waals surface area contributed by atoms with E-state index in [1.54, 1.807) is 6.92 Å². The molecule has 4 heteroatoms. The van der Waals surface area contributed by atoms with Crippen molar-refractivity contribution in [1.29, 1.82) is 0 Å². The topological polar surface area (TPSA) is 49.6 Å². The van der Waals surface area contributed by atoms with Crippen molar-refractivity contribution < 1.29 is 4.79 Å². The van der Waals surface area contributed by atoms with Gasteiger partial charge in [0.1, 0.15) is 0 Å². The normalized spacial score (nSPS) is 26.1. The standard InChI is InChI=1S/C11H21N3O/c1-9(12)11(15)14-7-5-13(6-8-14)10-3-2-4-10/h9-10H,2-8,12H2,1H3. The van der Waals surface area contributed by atoms with E-state index in [-0.39, 0.29) is 11.9 Å². The number of rotatable bonds is 2. The van der Waals surface area contributed by atoms with Crippen LogP contribution in [0.3, 0.4) is 0 Å². The summed E-state index contributed by atoms with van der Waals surface area (Å²) in [6.45, 7) is 5.54. The van der Waals surface area contributed by atoms with Crippen molar-refractivity contribution in [2.75, 3.05) is 26.2 Å². The van der Waals surface area contributed by atoms with E-state index in [9.17, 15) is 4.79 Å². The van der Waals surface area contributed by atoms with Crippen LogP contribution in [0.2, 0.25) is 0 Å². The smallest absolute Gasteiger partial charge is 0.239 e. The van der Waals surface area contributed by atoms with Crippen molar-refractivity contribution in [3.63, 3.8) is 0 Å². The number of carbonyl (C=O) groups excluding carboxylic acids is 1. The Morgan fingerprint density at radius 2 is 1.87 bits per heavy atom. The number of piperazine rings is 1. The van der Waals surface area contributed by atoms with E-state index in [4.69, 9.17) is 5.73 Å². The number of amides is 1. The predicted octanol–water partition coefficient (Wildman–Crippen LogP) is 0.0303. The van der Waals surface area contributed by atoms with Crippen molar-refractivity contribution in [3.8, 4) is 0 Å². The number of hydrogen-bond acceptors (Lipinski definition) is 3. The molecule has 0 radical (unpaired) electrons. The van der Waals surface area contributed by atoms with Gasteiger partial charge in [-0.2, -0.15) is 0 Å². The molecule has 15 heavy (non-hydrogen) atoms. The second-order valence-corrected chi connectivity index (χ2v) is 4.73. The van der Waals surface area contributed by atoms with E-state index in [0.29, 0.717) is 0 Å². The molecule has 1 atom stereocenters. The van der Waals surface area contributed by atoms with Crippen LogP contribution in [0, 0.1) is 0 Å². The number of nitrogens with two attached hydrogens (primary N) is 1. The van der Waals surface area contributed by atoms with Crippen molar-refractivity contribution in [2.24, 2.45) is 5.73 Å². The molecule has 0 aromatic heterocycles. The van der Waals surface area contributed by atoms with Crippen LogP contribution in [0.5, 0.6) is 0 Å². The molecule has 1 aliphatic carbocycles. The summed E-state index contributed by atoms with van der Waals surface area (Å²) in [6.07, 6.45) is 4.08. The van der Waals surface area contributed by atoms with Crippen LogP contribution < -0.4 is 5.73 Å². The van der Waals surface area contributed by atoms with Gasteiger partial charge in [0.2, 0.25) is 5.91 Å². The molecule has 0 bridgehead atoms. The highest BCUT2D eigenvalue weighted by atomic mass is 16.2. The summed E-state index contributed by atoms with van der Waals surface area (Å²) >= 11 is 0. The minimum absolute atomic E-state index is 0.100. The predicted molar refractivity (Wildman–Crippen MR) is 59.4 cm³/mol. The third-order valence-electron chi connectivity index (χ3n) is 3.61. The lowest BCUT2D eigenvalue weighted by Gasteiger charge is -2.43. The summed E-state index contributed by atoms with van der Waals surface area (Å²) in [6, 6.07) is 0.456. The zero-order chi connectivity index (χ0) is 10.8. The minimum atomic E-state index is -0.347. The van der Waals surface area contributed by atoms with Gasteiger partial charge in [-0.05, 0) is 19.8 Å². The van der Waals surface area contributed by atoms with E-state index in [2.05, 4.69) is 4.90 Å². The average Bonchev–Trinajstić information content (AvgIpc) is 2.15. The summed E-state index contributed by atoms with van der Waals surface area (Å²) < 4.78 is 0. The zero-order valence-corrected chi connectivity index (χ0v) is 9.48. The van der Waals surface area contributed by atoms with Crippen molar-refractivity contribution in [2.45, 2.75) is 38.3 Å². The third kappa shape index (κ3) is 2.32. The monoisotopic (exact) mass is 211 g/mol. The lowest BCUT2D eigenvalue weighted by molar-refractivity contribution is -0.134. The van der Waals surface area contributed by atoms with Gasteiger partial charge in [0.25, 0.3) is 0 Å². The van der Waals surface area contributed by atoms with Crippen molar-refractivity contribution in [1.82, 2.24) is 9.80 Å². The fourth-order valence-electron chi connectivity index (χ4n) is 2.35. The van der Waals surface area contributed by atoms with Crippen LogP contribution in [-0.2, 0) is 4.79 Å². The van der Waals surface area contributed by atoms with Crippen LogP contribution in [0.15, 0.2) is 0 Å². The summed E-state index contributed by atoms with van der Waals surface area (Å²) in [5, 5.41) is 0. The molecule has 1 unspecified atom stereocenters. The molecule has 0 aromatic rings. The van der Waals surface area contributed by atoms with E-state index >= 15 is 0 Å². The van der Waals surface area contributed by atoms with Gasteiger partial charge in [0.15, 0.2) is 0 Å². The first-order valence-electron chi connectivity index (χ1n) is 5.97. The molecule has 2 rings (SSSR count). The van der Waals surface area contributed by atoms with E-state index in [1.165, 1.54) is 19.3 Å². The highest BCUT2D eigenvalue weighted by Gasteiger charge is 2.29. The van der Waals surface area contributed by atoms with E-state index < -0.39 is 0 Å². The Hall–Kier alpha value is -0.610. The number of nitrogens with zero attached hydrogens (tertiary/aromatic N) is 2. The molecule has 1 aliphatic heterocycles. The summed E-state index contributed by atoms with van der Waals surface area (Å²) in [5.74, 6) is 0.100. The molecule has 2 N–H and O–H groups in total. The second kappa shape index (κ2) is 4.49. The zero-order valence-electron chi connectivity index (χ0n) is 9.48. The summed E-state index contributed by atoms with van der Waals surface area (Å²) in [4.78, 5) is 16.1. The highest BCUT2D eigenvalue weighted by molar-refractivity contribution is 5.81. The van der Waals surface area contributed by atoms with E-state index in [1.807, 2.05) is 4.90 Å². The van der Waals surface area contributed by atoms with Gasteiger partial charge in [0.05, 0.1) is 6.04 Å². The second-order valence-electron chi connectivity index (χ2n) is 4.73. The van der Waals surface area contributed by atoms with Crippen LogP contribution in [0.1, 0.15) is 26.2 Å². The largest absolute Gasteiger partial charge is 0.339 e. The van der Waals surface area contributed by atoms with Crippen LogP contribution in [-0.4, -0.2) is 54.0 Å². The summed E-state index contributed by atoms with van der Waals surface area (Å²) in [5.41, 5.74) is 5.59. The number of carbonyl (C=O) groups is 1. The molecule has 1 amide bonds. The first-order valence-corrected chi connectivity index (χ1v) is 5.97. The van der Waals surface area contributed by atoms with Gasteiger partial charge in [-0.15, -0.1) is 0 Å². The average molecular weight is 211 g/mol. The molecule has 0 spiro atoms. The fourth-order valence-corrected chi connectivity index (χ4v) is 2.35. The SMILES string of the molecule is CC(N)C(=O)N1CCN(C2CCC2)CC1. The van der Waals surface area contributed by atoms with E-state index in [0.717, 1.165) is 32.2 Å². The van der Waals surface area contributed by atoms with Crippen LogP contribution >= 0.6 is 0 Å². The molecule has 1 heterocycles. The van der Waals surface area contributed by atoms with Gasteiger partial charge in [-0.25, -0.2) is 0 Å². The van der Waals surface area contributed by atoms with Gasteiger partial charge in [-0.1, -0.05) is 6.42 Å². The fraction of sp³-hybridized carbons (Fsp3) is 0.909. The maximum Gasteiger partial charge on any atom is 0.239 e. The Morgan fingerprint density at radius 3 is 2.27 bits per heavy atom. The van der Waals surface area contributed by atoms with Gasteiger partial charge >= 0.3 is 0 Å². The van der Waals surface area contributed by atoms with Gasteiger partial charge in [-0.3, -0.25) is 9.69 Å². The quantitative estimate of drug-likeness (QED) is 0.701. The van der Waals surface area contributed by atoms with Crippen molar-refractivity contribution >= 4 is 5.91 Å². The van der Waals surface area contributed by atoms with Crippen LogP contribution in [0.4, 0.5) is 0 Å². The van der Waals surface area contributed by atoms with Gasteiger partial charge in [0, 0.05) is 32.2 Å². The minimum Gasteiger partial charge on any atom is -0.339 e. The third-order valence-corrected chi connectivity index (χ3v) is 3.61. The van der Waals surface area contributed by atoms with Crippen LogP contribution in [0.25, 0.3) is 0 Å². The summed E-state index contributed by atoms with van der Waals surface area (Å²) in [7, 11) is 0. The highest BCUT2D eigenvalue weighted by Crippen LogP contribution is 2.25. The Kier molecular flexibility index (Phi) is 3.26. The lowest BCUT2D eigenvalue weighted by atomic mass is 9.91. The molecule has 2 fully saturated rings. The Morgan fingerprint density at radius 1 is 1.27 bits per heavy atom. The molecule has 1 saturated carbocycles. The first-order chi connectivity index (χ1) is 7.18. The maximum absolute atomic E-state index is 11.6. The number of hydrogen-bond donors (Lipinski definition) is 1. The molecule has 86 valence electrons. The molecule has 0 aromatic carbocycles. The molecular weight excluding hydrogens is 190 g/mol. The van der Waals surface area contributed by atoms with Crippen molar-refractivity contribution in [3.05, 3.63) is 0 Å². The lowest BCUT2D eigenvalue weighted by Crippen LogP contribution is -2.55. The molecule has 4 nitrogen and oxygen atoms in total. The Labute approximate surface area is 91.4 Å². The Balaban J connectivity index is 1.78. The Bertz CT molecular complexity index is 230. The molecule has 2 aliphatic rings. The molecular formula is C11H21N3O. The maximum atomic E-state index is 11.6. The van der Waals surface area contributed by atoms with Gasteiger partial charge < -0.3 is 10.6 Å².